The van der Waals surface area contributed by atoms with E-state index >= 15 is 0 Å². The summed E-state index contributed by atoms with van der Waals surface area (Å²) in [5, 5.41) is 8.79. The van der Waals surface area contributed by atoms with E-state index in [1.165, 1.54) is 18.0 Å². The number of hydrogen-bond acceptors (Lipinski definition) is 4. The Labute approximate surface area is 85.4 Å². The van der Waals surface area contributed by atoms with Gasteiger partial charge in [-0.15, -0.1) is 0 Å². The lowest BCUT2D eigenvalue weighted by Crippen LogP contribution is -2.11. The smallest absolute Gasteiger partial charge is 0.267 e. The summed E-state index contributed by atoms with van der Waals surface area (Å²) in [5.41, 5.74) is 0.0211. The summed E-state index contributed by atoms with van der Waals surface area (Å²) in [6.07, 6.45) is 3.35. The second-order valence-corrected chi connectivity index (χ2v) is 3.07. The highest BCUT2D eigenvalue weighted by molar-refractivity contribution is 7.98. The minimum absolute atomic E-state index is 0.115. The molecule has 70 valence electrons. The van der Waals surface area contributed by atoms with Crippen molar-refractivity contribution >= 4 is 11.8 Å². The molecule has 0 spiro atoms. The molecule has 0 aliphatic carbocycles. The average Bonchev–Trinajstić information content (AvgIpc) is 2.20. The molecule has 0 atom stereocenters. The second kappa shape index (κ2) is 5.11. The predicted octanol–water partition coefficient (Wildman–Crippen LogP) is 0.757. The zero-order chi connectivity index (χ0) is 10.4. The Kier molecular flexibility index (Phi) is 3.78. The van der Waals surface area contributed by atoms with E-state index in [1.54, 1.807) is 0 Å². The third kappa shape index (κ3) is 2.65. The number of aromatic nitrogens is 2. The number of aromatic amines is 1. The maximum absolute atomic E-state index is 11.3. The van der Waals surface area contributed by atoms with E-state index in [0.29, 0.717) is 5.16 Å². The molecule has 0 radical (unpaired) electrons. The van der Waals surface area contributed by atoms with Crippen LogP contribution in [0.25, 0.3) is 0 Å². The van der Waals surface area contributed by atoms with Gasteiger partial charge >= 0.3 is 0 Å². The van der Waals surface area contributed by atoms with Gasteiger partial charge in [-0.3, -0.25) is 4.79 Å². The van der Waals surface area contributed by atoms with Crippen LogP contribution in [0.15, 0.2) is 16.1 Å². The number of nitriles is 1. The molecule has 0 bridgehead atoms. The van der Waals surface area contributed by atoms with Crippen LogP contribution in [0.4, 0.5) is 0 Å². The molecule has 1 N–H and O–H groups in total. The molecule has 0 saturated heterocycles. The Hall–Kier alpha value is -1.72. The Bertz CT molecular complexity index is 475. The molecule has 14 heavy (non-hydrogen) atoms. The van der Waals surface area contributed by atoms with Crippen LogP contribution in [0.2, 0.25) is 0 Å². The van der Waals surface area contributed by atoms with E-state index in [1.807, 2.05) is 12.3 Å². The van der Waals surface area contributed by atoms with Crippen molar-refractivity contribution < 1.29 is 0 Å². The maximum Gasteiger partial charge on any atom is 0.267 e. The Morgan fingerprint density at radius 3 is 3.07 bits per heavy atom. The second-order valence-electron chi connectivity index (χ2n) is 2.27. The lowest BCUT2D eigenvalue weighted by atomic mass is 10.3. The van der Waals surface area contributed by atoms with Gasteiger partial charge in [0.25, 0.3) is 5.56 Å². The van der Waals surface area contributed by atoms with Crippen LogP contribution >= 0.6 is 11.8 Å². The highest BCUT2D eigenvalue weighted by Gasteiger charge is 1.97. The summed E-state index contributed by atoms with van der Waals surface area (Å²) in [5.74, 6) is 5.13. The van der Waals surface area contributed by atoms with E-state index in [0.717, 1.165) is 0 Å². The van der Waals surface area contributed by atoms with Gasteiger partial charge in [-0.1, -0.05) is 23.6 Å². The number of thioether (sulfide) groups is 1. The molecule has 1 heterocycles. The van der Waals surface area contributed by atoms with Crippen molar-refractivity contribution in [3.05, 3.63) is 22.1 Å². The summed E-state index contributed by atoms with van der Waals surface area (Å²) >= 11 is 1.35. The van der Waals surface area contributed by atoms with E-state index < -0.39 is 0 Å². The zero-order valence-corrected chi connectivity index (χ0v) is 8.31. The fourth-order valence-corrected chi connectivity index (χ4v) is 1.10. The van der Waals surface area contributed by atoms with Gasteiger partial charge < -0.3 is 4.98 Å². The number of nitrogens with zero attached hydrogens (tertiary/aromatic N) is 2. The van der Waals surface area contributed by atoms with Gasteiger partial charge in [0.1, 0.15) is 5.56 Å². The zero-order valence-electron chi connectivity index (χ0n) is 7.50. The topological polar surface area (TPSA) is 69.5 Å². The van der Waals surface area contributed by atoms with Crippen LogP contribution in [0.3, 0.4) is 0 Å². The van der Waals surface area contributed by atoms with E-state index in [2.05, 4.69) is 21.8 Å². The first-order valence-corrected chi connectivity index (χ1v) is 4.99. The highest BCUT2D eigenvalue weighted by Crippen LogP contribution is 2.03. The van der Waals surface area contributed by atoms with Crippen molar-refractivity contribution in [1.29, 1.82) is 5.26 Å². The monoisotopic (exact) mass is 205 g/mol. The summed E-state index contributed by atoms with van der Waals surface area (Å²) in [7, 11) is 0. The van der Waals surface area contributed by atoms with Crippen molar-refractivity contribution in [2.45, 2.75) is 11.6 Å². The van der Waals surface area contributed by atoms with Crippen LogP contribution in [0, 0.1) is 23.2 Å². The molecular formula is C9H7N3OS. The van der Waals surface area contributed by atoms with E-state index in [9.17, 15) is 4.79 Å². The molecular weight excluding hydrogens is 198 g/mol. The Morgan fingerprint density at radius 2 is 2.50 bits per heavy atom. The SMILES string of the molecule is CSc1ncc(C#CCC#N)c(=O)[nH]1. The van der Waals surface area contributed by atoms with Crippen molar-refractivity contribution in [3.63, 3.8) is 0 Å². The molecule has 0 amide bonds. The number of hydrogen-bond donors (Lipinski definition) is 1. The lowest BCUT2D eigenvalue weighted by molar-refractivity contribution is 0.933. The molecule has 1 aromatic rings. The standard InChI is InChI=1S/C9H7N3OS/c1-14-9-11-6-7(8(13)12-9)4-2-3-5-10/h6H,3H2,1H3,(H,11,12,13). The van der Waals surface area contributed by atoms with Crippen molar-refractivity contribution in [2.24, 2.45) is 0 Å². The van der Waals surface area contributed by atoms with Crippen molar-refractivity contribution in [3.8, 4) is 17.9 Å². The molecule has 1 aromatic heterocycles. The van der Waals surface area contributed by atoms with Gasteiger partial charge in [-0.05, 0) is 6.26 Å². The van der Waals surface area contributed by atoms with Crippen molar-refractivity contribution in [1.82, 2.24) is 9.97 Å². The molecule has 0 aliphatic rings. The van der Waals surface area contributed by atoms with Gasteiger partial charge in [0.05, 0.1) is 18.7 Å². The molecule has 0 saturated carbocycles. The highest BCUT2D eigenvalue weighted by atomic mass is 32.2. The van der Waals surface area contributed by atoms with Crippen LogP contribution in [0.1, 0.15) is 12.0 Å². The summed E-state index contributed by atoms with van der Waals surface area (Å²) < 4.78 is 0. The van der Waals surface area contributed by atoms with Crippen LogP contribution < -0.4 is 5.56 Å². The molecule has 0 aliphatic heterocycles. The first-order valence-electron chi connectivity index (χ1n) is 3.77. The van der Waals surface area contributed by atoms with E-state index in [-0.39, 0.29) is 17.5 Å². The maximum atomic E-state index is 11.3. The number of nitrogens with one attached hydrogen (secondary N) is 1. The van der Waals surface area contributed by atoms with Crippen molar-refractivity contribution in [2.75, 3.05) is 6.26 Å². The Balaban J connectivity index is 2.98. The third-order valence-electron chi connectivity index (χ3n) is 1.36. The van der Waals surface area contributed by atoms with Gasteiger partial charge in [0.2, 0.25) is 0 Å². The molecule has 1 rings (SSSR count). The normalized spacial score (nSPS) is 8.57. The van der Waals surface area contributed by atoms with E-state index in [4.69, 9.17) is 5.26 Å². The summed E-state index contributed by atoms with van der Waals surface area (Å²) in [6, 6.07) is 1.87. The largest absolute Gasteiger partial charge is 0.300 e. The molecule has 0 fully saturated rings. The minimum atomic E-state index is -0.269. The molecule has 5 heteroatoms. The number of rotatable bonds is 1. The summed E-state index contributed by atoms with van der Waals surface area (Å²) in [6.45, 7) is 0. The van der Waals surface area contributed by atoms with Gasteiger partial charge in [0, 0.05) is 0 Å². The summed E-state index contributed by atoms with van der Waals surface area (Å²) in [4.78, 5) is 17.8. The predicted molar refractivity (Wildman–Crippen MR) is 53.7 cm³/mol. The third-order valence-corrected chi connectivity index (χ3v) is 1.95. The van der Waals surface area contributed by atoms with Gasteiger partial charge in [-0.25, -0.2) is 4.98 Å². The van der Waals surface area contributed by atoms with Crippen LogP contribution in [-0.2, 0) is 0 Å². The van der Waals surface area contributed by atoms with Crippen LogP contribution in [-0.4, -0.2) is 16.2 Å². The Morgan fingerprint density at radius 1 is 1.71 bits per heavy atom. The fraction of sp³-hybridized carbons (Fsp3) is 0.222. The first-order chi connectivity index (χ1) is 6.77. The minimum Gasteiger partial charge on any atom is -0.300 e. The molecule has 4 nitrogen and oxygen atoms in total. The molecule has 0 aromatic carbocycles. The van der Waals surface area contributed by atoms with Gasteiger partial charge in [-0.2, -0.15) is 5.26 Å². The van der Waals surface area contributed by atoms with Crippen LogP contribution in [0.5, 0.6) is 0 Å². The first kappa shape index (κ1) is 10.4. The number of H-pyrrole nitrogens is 1. The fourth-order valence-electron chi connectivity index (χ4n) is 0.750. The molecule has 0 unspecified atom stereocenters. The van der Waals surface area contributed by atoms with Gasteiger partial charge in [0.15, 0.2) is 5.16 Å². The lowest BCUT2D eigenvalue weighted by Gasteiger charge is -1.93. The quantitative estimate of drug-likeness (QED) is 0.417. The average molecular weight is 205 g/mol.